The third-order valence-electron chi connectivity index (χ3n) is 3.69. The second-order valence-electron chi connectivity index (χ2n) is 5.24. The Balaban J connectivity index is 1.61. The van der Waals surface area contributed by atoms with E-state index in [0.717, 1.165) is 0 Å². The summed E-state index contributed by atoms with van der Waals surface area (Å²) in [5, 5.41) is 7.39. The van der Waals surface area contributed by atoms with E-state index in [0.29, 0.717) is 29.9 Å². The quantitative estimate of drug-likeness (QED) is 0.930. The molecule has 0 unspecified atom stereocenters. The molecule has 0 spiro atoms. The zero-order valence-corrected chi connectivity index (χ0v) is 11.3. The number of benzene rings is 1. The SMILES string of the molecule is Fc1cccc(-c2nc(CNC3CCCCC3)no2)c1. The van der Waals surface area contributed by atoms with Gasteiger partial charge in [-0.2, -0.15) is 4.98 Å². The topological polar surface area (TPSA) is 51.0 Å². The van der Waals surface area contributed by atoms with Gasteiger partial charge in [-0.05, 0) is 31.0 Å². The first-order valence-electron chi connectivity index (χ1n) is 7.13. The Morgan fingerprint density at radius 2 is 2.10 bits per heavy atom. The number of nitrogens with zero attached hydrogens (tertiary/aromatic N) is 2. The van der Waals surface area contributed by atoms with Crippen molar-refractivity contribution >= 4 is 0 Å². The largest absolute Gasteiger partial charge is 0.334 e. The summed E-state index contributed by atoms with van der Waals surface area (Å²) in [5.74, 6) is 0.683. The maximum Gasteiger partial charge on any atom is 0.258 e. The fraction of sp³-hybridized carbons (Fsp3) is 0.467. The van der Waals surface area contributed by atoms with Crippen LogP contribution in [0.5, 0.6) is 0 Å². The summed E-state index contributed by atoms with van der Waals surface area (Å²) in [4.78, 5) is 4.30. The summed E-state index contributed by atoms with van der Waals surface area (Å²) >= 11 is 0. The third kappa shape index (κ3) is 3.22. The second-order valence-corrected chi connectivity index (χ2v) is 5.24. The molecule has 1 fully saturated rings. The molecular weight excluding hydrogens is 257 g/mol. The Labute approximate surface area is 117 Å². The van der Waals surface area contributed by atoms with Crippen LogP contribution in [0.25, 0.3) is 11.5 Å². The normalized spacial score (nSPS) is 16.4. The highest BCUT2D eigenvalue weighted by molar-refractivity contribution is 5.52. The van der Waals surface area contributed by atoms with E-state index in [-0.39, 0.29) is 5.82 Å². The molecule has 1 aliphatic carbocycles. The molecular formula is C15H18FN3O. The standard InChI is InChI=1S/C15H18FN3O/c16-12-6-4-5-11(9-12)15-18-14(19-20-15)10-17-13-7-2-1-3-8-13/h4-6,9,13,17H,1-3,7-8,10H2. The van der Waals surface area contributed by atoms with Crippen LogP contribution in [0.2, 0.25) is 0 Å². The molecule has 0 saturated heterocycles. The lowest BCUT2D eigenvalue weighted by atomic mass is 9.95. The van der Waals surface area contributed by atoms with Gasteiger partial charge in [0.1, 0.15) is 5.82 Å². The van der Waals surface area contributed by atoms with E-state index in [4.69, 9.17) is 4.52 Å². The minimum Gasteiger partial charge on any atom is -0.334 e. The van der Waals surface area contributed by atoms with Gasteiger partial charge in [0.2, 0.25) is 0 Å². The molecule has 1 heterocycles. The van der Waals surface area contributed by atoms with Crippen molar-refractivity contribution in [3.8, 4) is 11.5 Å². The van der Waals surface area contributed by atoms with Gasteiger partial charge in [0, 0.05) is 11.6 Å². The van der Waals surface area contributed by atoms with Gasteiger partial charge in [0.05, 0.1) is 6.54 Å². The molecule has 0 radical (unpaired) electrons. The second kappa shape index (κ2) is 6.13. The molecule has 0 aliphatic heterocycles. The van der Waals surface area contributed by atoms with Gasteiger partial charge in [-0.25, -0.2) is 4.39 Å². The van der Waals surface area contributed by atoms with Crippen LogP contribution < -0.4 is 5.32 Å². The van der Waals surface area contributed by atoms with Crippen molar-refractivity contribution in [2.24, 2.45) is 0 Å². The van der Waals surface area contributed by atoms with Crippen molar-refractivity contribution in [2.45, 2.75) is 44.7 Å². The number of rotatable bonds is 4. The van der Waals surface area contributed by atoms with E-state index in [9.17, 15) is 4.39 Å². The van der Waals surface area contributed by atoms with Gasteiger partial charge >= 0.3 is 0 Å². The lowest BCUT2D eigenvalue weighted by Gasteiger charge is -2.21. The fourth-order valence-corrected chi connectivity index (χ4v) is 2.61. The molecule has 4 nitrogen and oxygen atoms in total. The zero-order chi connectivity index (χ0) is 13.8. The van der Waals surface area contributed by atoms with Gasteiger partial charge < -0.3 is 9.84 Å². The third-order valence-corrected chi connectivity index (χ3v) is 3.69. The number of nitrogens with one attached hydrogen (secondary N) is 1. The van der Waals surface area contributed by atoms with Gasteiger partial charge in [-0.1, -0.05) is 30.5 Å². The summed E-state index contributed by atoms with van der Waals surface area (Å²) in [6, 6.07) is 6.74. The Morgan fingerprint density at radius 1 is 1.25 bits per heavy atom. The summed E-state index contributed by atoms with van der Waals surface area (Å²) in [6.45, 7) is 0.601. The molecule has 0 atom stereocenters. The van der Waals surface area contributed by atoms with E-state index in [1.165, 1.54) is 44.2 Å². The molecule has 0 amide bonds. The highest BCUT2D eigenvalue weighted by atomic mass is 19.1. The van der Waals surface area contributed by atoms with Crippen molar-refractivity contribution in [1.82, 2.24) is 15.5 Å². The smallest absolute Gasteiger partial charge is 0.258 e. The molecule has 106 valence electrons. The van der Waals surface area contributed by atoms with Crippen LogP contribution in [0.3, 0.4) is 0 Å². The molecule has 2 aromatic rings. The molecule has 1 aromatic heterocycles. The fourth-order valence-electron chi connectivity index (χ4n) is 2.61. The first-order valence-corrected chi connectivity index (χ1v) is 7.13. The van der Waals surface area contributed by atoms with Crippen LogP contribution in [0.15, 0.2) is 28.8 Å². The molecule has 20 heavy (non-hydrogen) atoms. The molecule has 1 saturated carbocycles. The van der Waals surface area contributed by atoms with Crippen molar-refractivity contribution in [3.63, 3.8) is 0 Å². The highest BCUT2D eigenvalue weighted by Crippen LogP contribution is 2.19. The van der Waals surface area contributed by atoms with E-state index in [1.807, 2.05) is 0 Å². The zero-order valence-electron chi connectivity index (χ0n) is 11.3. The minimum absolute atomic E-state index is 0.303. The molecule has 3 rings (SSSR count). The van der Waals surface area contributed by atoms with Crippen LogP contribution in [0, 0.1) is 5.82 Å². The average molecular weight is 275 g/mol. The van der Waals surface area contributed by atoms with Gasteiger partial charge in [-0.15, -0.1) is 0 Å². The summed E-state index contributed by atoms with van der Waals surface area (Å²) < 4.78 is 18.3. The van der Waals surface area contributed by atoms with E-state index in [2.05, 4.69) is 15.5 Å². The summed E-state index contributed by atoms with van der Waals surface area (Å²) in [7, 11) is 0. The van der Waals surface area contributed by atoms with Crippen molar-refractivity contribution in [1.29, 1.82) is 0 Å². The average Bonchev–Trinajstić information content (AvgIpc) is 2.95. The molecule has 0 bridgehead atoms. The van der Waals surface area contributed by atoms with Gasteiger partial charge in [0.15, 0.2) is 5.82 Å². The van der Waals surface area contributed by atoms with Crippen LogP contribution in [-0.4, -0.2) is 16.2 Å². The molecule has 1 aliphatic rings. The van der Waals surface area contributed by atoms with Crippen LogP contribution in [0.1, 0.15) is 37.9 Å². The van der Waals surface area contributed by atoms with Crippen LogP contribution in [0.4, 0.5) is 4.39 Å². The van der Waals surface area contributed by atoms with E-state index in [1.54, 1.807) is 12.1 Å². The number of hydrogen-bond acceptors (Lipinski definition) is 4. The maximum absolute atomic E-state index is 13.1. The first-order chi connectivity index (χ1) is 9.81. The van der Waals surface area contributed by atoms with Gasteiger partial charge in [0.25, 0.3) is 5.89 Å². The molecule has 1 N–H and O–H groups in total. The number of aromatic nitrogens is 2. The minimum atomic E-state index is -0.303. The highest BCUT2D eigenvalue weighted by Gasteiger charge is 2.14. The van der Waals surface area contributed by atoms with Crippen molar-refractivity contribution in [2.75, 3.05) is 0 Å². The maximum atomic E-state index is 13.1. The predicted octanol–water partition coefficient (Wildman–Crippen LogP) is 3.30. The van der Waals surface area contributed by atoms with Gasteiger partial charge in [-0.3, -0.25) is 0 Å². The summed E-state index contributed by atoms with van der Waals surface area (Å²) in [5.41, 5.74) is 0.612. The van der Waals surface area contributed by atoms with Crippen molar-refractivity contribution < 1.29 is 8.91 Å². The first kappa shape index (κ1) is 13.2. The Bertz CT molecular complexity index is 564. The number of halogens is 1. The van der Waals surface area contributed by atoms with E-state index >= 15 is 0 Å². The Kier molecular flexibility index (Phi) is 4.06. The predicted molar refractivity (Wildman–Crippen MR) is 73.4 cm³/mol. The number of hydrogen-bond donors (Lipinski definition) is 1. The van der Waals surface area contributed by atoms with Crippen LogP contribution in [-0.2, 0) is 6.54 Å². The lowest BCUT2D eigenvalue weighted by Crippen LogP contribution is -2.30. The lowest BCUT2D eigenvalue weighted by molar-refractivity contribution is 0.362. The summed E-state index contributed by atoms with van der Waals surface area (Å²) in [6.07, 6.45) is 6.35. The monoisotopic (exact) mass is 275 g/mol. The molecule has 5 heteroatoms. The van der Waals surface area contributed by atoms with Crippen molar-refractivity contribution in [3.05, 3.63) is 35.9 Å². The van der Waals surface area contributed by atoms with E-state index < -0.39 is 0 Å². The Hall–Kier alpha value is -1.75. The van der Waals surface area contributed by atoms with Crippen LogP contribution >= 0.6 is 0 Å². The molecule has 1 aromatic carbocycles. The Morgan fingerprint density at radius 3 is 2.90 bits per heavy atom.